The minimum atomic E-state index is -0.870. The summed E-state index contributed by atoms with van der Waals surface area (Å²) in [5.41, 5.74) is 0.766. The van der Waals surface area contributed by atoms with Gasteiger partial charge in [0.25, 0.3) is 0 Å². The summed E-state index contributed by atoms with van der Waals surface area (Å²) in [5, 5.41) is 14.4. The van der Waals surface area contributed by atoms with Crippen LogP contribution in [0.25, 0.3) is 0 Å². The third-order valence-corrected chi connectivity index (χ3v) is 3.53. The van der Waals surface area contributed by atoms with Gasteiger partial charge in [-0.3, -0.25) is 9.59 Å². The Hall–Kier alpha value is -2.57. The smallest absolute Gasteiger partial charge is 0.328 e. The highest BCUT2D eigenvalue weighted by Gasteiger charge is 2.25. The van der Waals surface area contributed by atoms with Gasteiger partial charge in [0.15, 0.2) is 0 Å². The average Bonchev–Trinajstić information content (AvgIpc) is 2.55. The molecule has 1 aromatic rings. The molecule has 2 unspecified atom stereocenters. The first-order valence-electron chi connectivity index (χ1n) is 8.35. The number of phenols is 1. The van der Waals surface area contributed by atoms with Crippen LogP contribution < -0.4 is 10.6 Å². The Morgan fingerprint density at radius 3 is 2.36 bits per heavy atom. The van der Waals surface area contributed by atoms with Crippen LogP contribution in [0.15, 0.2) is 24.3 Å². The van der Waals surface area contributed by atoms with E-state index in [0.717, 1.165) is 18.4 Å². The number of nitrogens with one attached hydrogen (secondary N) is 2. The Morgan fingerprint density at radius 1 is 1.16 bits per heavy atom. The van der Waals surface area contributed by atoms with E-state index in [2.05, 4.69) is 10.6 Å². The van der Waals surface area contributed by atoms with Crippen LogP contribution in [0, 0.1) is 0 Å². The second-order valence-electron chi connectivity index (χ2n) is 5.88. The number of carbonyl (C=O) groups excluding carboxylic acids is 3. The largest absolute Gasteiger partial charge is 0.508 e. The van der Waals surface area contributed by atoms with E-state index in [9.17, 15) is 19.5 Å². The predicted molar refractivity (Wildman–Crippen MR) is 92.9 cm³/mol. The van der Waals surface area contributed by atoms with Crippen molar-refractivity contribution in [2.24, 2.45) is 0 Å². The maximum atomic E-state index is 12.3. The number of rotatable bonds is 9. The van der Waals surface area contributed by atoms with Gasteiger partial charge in [-0.05, 0) is 31.0 Å². The molecular formula is C18H26N2O5. The molecule has 7 heteroatoms. The fraction of sp³-hybridized carbons (Fsp3) is 0.500. The molecule has 3 N–H and O–H groups in total. The van der Waals surface area contributed by atoms with Crippen molar-refractivity contribution in [1.82, 2.24) is 10.6 Å². The first kappa shape index (κ1) is 20.5. The number of esters is 1. The molecule has 2 amide bonds. The van der Waals surface area contributed by atoms with Crippen LogP contribution in [0.4, 0.5) is 0 Å². The molecule has 0 aliphatic carbocycles. The van der Waals surface area contributed by atoms with Gasteiger partial charge >= 0.3 is 5.97 Å². The Kier molecular flexibility index (Phi) is 8.46. The van der Waals surface area contributed by atoms with Gasteiger partial charge in [-0.15, -0.1) is 0 Å². The highest BCUT2D eigenvalue weighted by atomic mass is 16.5. The number of phenolic OH excluding ortho intramolecular Hbond substituents is 1. The van der Waals surface area contributed by atoms with Gasteiger partial charge in [0.1, 0.15) is 17.8 Å². The lowest BCUT2D eigenvalue weighted by atomic mass is 10.1. The van der Waals surface area contributed by atoms with E-state index >= 15 is 0 Å². The Bertz CT molecular complexity index is 586. The second kappa shape index (κ2) is 10.3. The number of hydrogen-bond donors (Lipinski definition) is 3. The van der Waals surface area contributed by atoms with Crippen molar-refractivity contribution in [3.8, 4) is 5.75 Å². The third-order valence-electron chi connectivity index (χ3n) is 3.53. The fourth-order valence-electron chi connectivity index (χ4n) is 2.15. The number of ether oxygens (including phenoxy) is 1. The summed E-state index contributed by atoms with van der Waals surface area (Å²) in [7, 11) is 0. The molecule has 0 heterocycles. The first-order valence-corrected chi connectivity index (χ1v) is 8.35. The maximum Gasteiger partial charge on any atom is 0.328 e. The standard InChI is InChI=1S/C18H26N2O5/c1-4-5-10-25-18(24)16(11-14-6-8-15(22)9-7-14)20-17(23)12(2)19-13(3)21/h6-9,12,16,22H,4-5,10-11H2,1-3H3,(H,19,21)(H,20,23). The molecule has 0 aliphatic heterocycles. The summed E-state index contributed by atoms with van der Waals surface area (Å²) in [6, 6.07) is 4.73. The Balaban J connectivity index is 2.79. The Labute approximate surface area is 147 Å². The monoisotopic (exact) mass is 350 g/mol. The van der Waals surface area contributed by atoms with Crippen molar-refractivity contribution in [3.05, 3.63) is 29.8 Å². The molecule has 0 aromatic heterocycles. The van der Waals surface area contributed by atoms with Crippen molar-refractivity contribution in [3.63, 3.8) is 0 Å². The van der Waals surface area contributed by atoms with Crippen molar-refractivity contribution >= 4 is 17.8 Å². The van der Waals surface area contributed by atoms with Crippen LogP contribution in [0.1, 0.15) is 39.2 Å². The van der Waals surface area contributed by atoms with E-state index in [0.29, 0.717) is 6.61 Å². The molecule has 1 aromatic carbocycles. The van der Waals surface area contributed by atoms with Crippen LogP contribution >= 0.6 is 0 Å². The number of aromatic hydroxyl groups is 1. The SMILES string of the molecule is CCCCOC(=O)C(Cc1ccc(O)cc1)NC(=O)C(C)NC(C)=O. The van der Waals surface area contributed by atoms with Crippen molar-refractivity contribution in [1.29, 1.82) is 0 Å². The highest BCUT2D eigenvalue weighted by Crippen LogP contribution is 2.12. The zero-order chi connectivity index (χ0) is 18.8. The average molecular weight is 350 g/mol. The predicted octanol–water partition coefficient (Wildman–Crippen LogP) is 1.29. The molecule has 0 saturated heterocycles. The summed E-state index contributed by atoms with van der Waals surface area (Å²) >= 11 is 0. The second-order valence-corrected chi connectivity index (χ2v) is 5.88. The molecule has 1 rings (SSSR count). The zero-order valence-corrected chi connectivity index (χ0v) is 14.9. The van der Waals surface area contributed by atoms with E-state index in [4.69, 9.17) is 4.74 Å². The molecule has 0 fully saturated rings. The van der Waals surface area contributed by atoms with Gasteiger partial charge in [-0.2, -0.15) is 0 Å². The molecule has 0 aliphatic rings. The van der Waals surface area contributed by atoms with Gasteiger partial charge in [0, 0.05) is 13.3 Å². The van der Waals surface area contributed by atoms with Crippen LogP contribution in [0.5, 0.6) is 5.75 Å². The molecule has 0 radical (unpaired) electrons. The summed E-state index contributed by atoms with van der Waals surface area (Å²) < 4.78 is 5.21. The summed E-state index contributed by atoms with van der Waals surface area (Å²) in [4.78, 5) is 35.6. The van der Waals surface area contributed by atoms with Crippen molar-refractivity contribution in [2.45, 2.75) is 52.1 Å². The molecule has 0 saturated carbocycles. The van der Waals surface area contributed by atoms with E-state index in [1.54, 1.807) is 12.1 Å². The normalized spacial score (nSPS) is 12.8. The van der Waals surface area contributed by atoms with E-state index in [-0.39, 0.29) is 18.1 Å². The quantitative estimate of drug-likeness (QED) is 0.460. The highest BCUT2D eigenvalue weighted by molar-refractivity contribution is 5.90. The number of carbonyl (C=O) groups is 3. The van der Waals surface area contributed by atoms with Crippen LogP contribution in [0.2, 0.25) is 0 Å². The van der Waals surface area contributed by atoms with Gasteiger partial charge in [-0.1, -0.05) is 25.5 Å². The van der Waals surface area contributed by atoms with Crippen molar-refractivity contribution < 1.29 is 24.2 Å². The number of hydrogen-bond acceptors (Lipinski definition) is 5. The summed E-state index contributed by atoms with van der Waals surface area (Å²) in [6.45, 7) is 5.13. The van der Waals surface area contributed by atoms with E-state index in [1.807, 2.05) is 6.92 Å². The summed E-state index contributed by atoms with van der Waals surface area (Å²) in [5.74, 6) is -1.20. The lowest BCUT2D eigenvalue weighted by Gasteiger charge is -2.20. The maximum absolute atomic E-state index is 12.3. The number of amides is 2. The molecule has 2 atom stereocenters. The molecular weight excluding hydrogens is 324 g/mol. The lowest BCUT2D eigenvalue weighted by Crippen LogP contribution is -2.51. The van der Waals surface area contributed by atoms with Gasteiger partial charge in [0.2, 0.25) is 11.8 Å². The number of unbranched alkanes of at least 4 members (excludes halogenated alkanes) is 1. The topological polar surface area (TPSA) is 105 Å². The zero-order valence-electron chi connectivity index (χ0n) is 14.9. The minimum absolute atomic E-state index is 0.120. The Morgan fingerprint density at radius 2 is 1.80 bits per heavy atom. The van der Waals surface area contributed by atoms with Crippen LogP contribution in [-0.2, 0) is 25.5 Å². The van der Waals surface area contributed by atoms with Crippen molar-refractivity contribution in [2.75, 3.05) is 6.61 Å². The molecule has 0 spiro atoms. The number of benzene rings is 1. The lowest BCUT2D eigenvalue weighted by molar-refractivity contribution is -0.148. The molecule has 138 valence electrons. The first-order chi connectivity index (χ1) is 11.8. The molecule has 0 bridgehead atoms. The fourth-order valence-corrected chi connectivity index (χ4v) is 2.15. The van der Waals surface area contributed by atoms with Crippen LogP contribution in [-0.4, -0.2) is 41.6 Å². The molecule has 25 heavy (non-hydrogen) atoms. The van der Waals surface area contributed by atoms with Gasteiger partial charge in [-0.25, -0.2) is 4.79 Å². The van der Waals surface area contributed by atoms with E-state index in [1.165, 1.54) is 26.0 Å². The third kappa shape index (κ3) is 7.69. The minimum Gasteiger partial charge on any atom is -0.508 e. The van der Waals surface area contributed by atoms with Crippen LogP contribution in [0.3, 0.4) is 0 Å². The summed E-state index contributed by atoms with van der Waals surface area (Å²) in [6.07, 6.45) is 1.86. The van der Waals surface area contributed by atoms with Gasteiger partial charge < -0.3 is 20.5 Å². The van der Waals surface area contributed by atoms with E-state index < -0.39 is 24.0 Å². The van der Waals surface area contributed by atoms with Gasteiger partial charge in [0.05, 0.1) is 6.61 Å². The molecule has 7 nitrogen and oxygen atoms in total.